The van der Waals surface area contributed by atoms with Crippen molar-refractivity contribution in [2.75, 3.05) is 13.1 Å². The van der Waals surface area contributed by atoms with Gasteiger partial charge in [0.25, 0.3) is 0 Å². The predicted octanol–water partition coefficient (Wildman–Crippen LogP) is 2.90. The van der Waals surface area contributed by atoms with Crippen molar-refractivity contribution in [3.05, 3.63) is 35.4 Å². The molecule has 1 aliphatic rings. The van der Waals surface area contributed by atoms with Crippen molar-refractivity contribution < 1.29 is 0 Å². The van der Waals surface area contributed by atoms with Crippen molar-refractivity contribution in [3.8, 4) is 0 Å². The van der Waals surface area contributed by atoms with E-state index in [0.29, 0.717) is 6.04 Å². The summed E-state index contributed by atoms with van der Waals surface area (Å²) in [5.74, 6) is 0.849. The second kappa shape index (κ2) is 7.66. The zero-order valence-corrected chi connectivity index (χ0v) is 12.2. The molecule has 0 aliphatic heterocycles. The Hall–Kier alpha value is -0.860. The van der Waals surface area contributed by atoms with Gasteiger partial charge in [-0.05, 0) is 68.7 Å². The van der Waals surface area contributed by atoms with E-state index in [0.717, 1.165) is 25.3 Å². The van der Waals surface area contributed by atoms with Gasteiger partial charge in [0, 0.05) is 6.04 Å². The first kappa shape index (κ1) is 14.5. The van der Waals surface area contributed by atoms with Gasteiger partial charge in [0.15, 0.2) is 0 Å². The molecule has 0 amide bonds. The second-order valence-corrected chi connectivity index (χ2v) is 5.90. The second-order valence-electron chi connectivity index (χ2n) is 5.90. The first-order valence-corrected chi connectivity index (χ1v) is 7.82. The molecule has 3 N–H and O–H groups in total. The van der Waals surface area contributed by atoms with Gasteiger partial charge in [-0.2, -0.15) is 0 Å². The van der Waals surface area contributed by atoms with Crippen LogP contribution in [0.5, 0.6) is 0 Å². The van der Waals surface area contributed by atoms with Crippen LogP contribution >= 0.6 is 0 Å². The molecule has 0 radical (unpaired) electrons. The van der Waals surface area contributed by atoms with Crippen LogP contribution in [0.15, 0.2) is 24.3 Å². The lowest BCUT2D eigenvalue weighted by atomic mass is 9.86. The molecule has 1 aliphatic carbocycles. The quantitative estimate of drug-likeness (QED) is 0.772. The number of rotatable bonds is 6. The van der Waals surface area contributed by atoms with E-state index in [2.05, 4.69) is 36.5 Å². The molecule has 1 aromatic carbocycles. The van der Waals surface area contributed by atoms with E-state index in [9.17, 15) is 0 Å². The van der Waals surface area contributed by atoms with Crippen molar-refractivity contribution in [2.24, 2.45) is 11.7 Å². The zero-order valence-electron chi connectivity index (χ0n) is 12.2. The Kier molecular flexibility index (Phi) is 5.87. The van der Waals surface area contributed by atoms with E-state index in [-0.39, 0.29) is 0 Å². The van der Waals surface area contributed by atoms with Crippen LogP contribution in [0.25, 0.3) is 0 Å². The summed E-state index contributed by atoms with van der Waals surface area (Å²) in [4.78, 5) is 0. The maximum absolute atomic E-state index is 5.93. The fraction of sp³-hybridized carbons (Fsp3) is 0.647. The van der Waals surface area contributed by atoms with Gasteiger partial charge in [0.1, 0.15) is 0 Å². The van der Waals surface area contributed by atoms with Gasteiger partial charge in [-0.1, -0.05) is 31.2 Å². The molecule has 0 spiro atoms. The standard InChI is InChI=1S/C17H28N2/c1-2-14-3-5-15(6-4-14)11-12-19-13-16-7-9-17(18)10-8-16/h3-6,16-17,19H,2,7-13,18H2,1H3. The lowest BCUT2D eigenvalue weighted by molar-refractivity contribution is 0.315. The first-order chi connectivity index (χ1) is 9.28. The molecule has 0 heterocycles. The SMILES string of the molecule is CCc1ccc(CCNCC2CCC(N)CC2)cc1. The van der Waals surface area contributed by atoms with Crippen LogP contribution in [0.2, 0.25) is 0 Å². The van der Waals surface area contributed by atoms with Gasteiger partial charge in [-0.3, -0.25) is 0 Å². The molecule has 19 heavy (non-hydrogen) atoms. The van der Waals surface area contributed by atoms with Crippen molar-refractivity contribution in [1.29, 1.82) is 0 Å². The number of benzene rings is 1. The van der Waals surface area contributed by atoms with E-state index >= 15 is 0 Å². The molecule has 0 aromatic heterocycles. The predicted molar refractivity (Wildman–Crippen MR) is 82.3 cm³/mol. The van der Waals surface area contributed by atoms with Crippen LogP contribution in [-0.2, 0) is 12.8 Å². The summed E-state index contributed by atoms with van der Waals surface area (Å²) in [5, 5.41) is 3.61. The minimum Gasteiger partial charge on any atom is -0.328 e. The van der Waals surface area contributed by atoms with E-state index in [1.165, 1.54) is 43.4 Å². The molecule has 0 saturated heterocycles. The van der Waals surface area contributed by atoms with E-state index in [1.807, 2.05) is 0 Å². The Morgan fingerprint density at radius 2 is 1.68 bits per heavy atom. The third kappa shape index (κ3) is 4.96. The average molecular weight is 260 g/mol. The number of aryl methyl sites for hydroxylation is 1. The molecule has 0 bridgehead atoms. The smallest absolute Gasteiger partial charge is 0.00390 e. The molecule has 1 saturated carbocycles. The highest BCUT2D eigenvalue weighted by Crippen LogP contribution is 2.22. The fourth-order valence-electron chi connectivity index (χ4n) is 2.87. The van der Waals surface area contributed by atoms with Crippen molar-refractivity contribution in [2.45, 2.75) is 51.5 Å². The molecule has 2 heteroatoms. The van der Waals surface area contributed by atoms with Gasteiger partial charge in [0.2, 0.25) is 0 Å². The molecular weight excluding hydrogens is 232 g/mol. The molecule has 0 unspecified atom stereocenters. The van der Waals surface area contributed by atoms with E-state index in [4.69, 9.17) is 5.73 Å². The Balaban J connectivity index is 1.61. The Bertz CT molecular complexity index is 350. The summed E-state index contributed by atoms with van der Waals surface area (Å²) in [6.45, 7) is 4.46. The normalized spacial score (nSPS) is 23.5. The zero-order chi connectivity index (χ0) is 13.5. The topological polar surface area (TPSA) is 38.0 Å². The molecule has 106 valence electrons. The van der Waals surface area contributed by atoms with E-state index in [1.54, 1.807) is 0 Å². The summed E-state index contributed by atoms with van der Waals surface area (Å²) in [6, 6.07) is 9.49. The lowest BCUT2D eigenvalue weighted by Crippen LogP contribution is -2.32. The van der Waals surface area contributed by atoms with Crippen LogP contribution in [0, 0.1) is 5.92 Å². The summed E-state index contributed by atoms with van der Waals surface area (Å²) in [6.07, 6.45) is 7.30. The summed E-state index contributed by atoms with van der Waals surface area (Å²) in [7, 11) is 0. The van der Waals surface area contributed by atoms with Gasteiger partial charge >= 0.3 is 0 Å². The molecule has 0 atom stereocenters. The minimum atomic E-state index is 0.466. The van der Waals surface area contributed by atoms with Gasteiger partial charge in [-0.15, -0.1) is 0 Å². The molecule has 1 fully saturated rings. The third-order valence-corrected chi connectivity index (χ3v) is 4.35. The van der Waals surface area contributed by atoms with Crippen molar-refractivity contribution in [3.63, 3.8) is 0 Å². The van der Waals surface area contributed by atoms with Crippen LogP contribution in [-0.4, -0.2) is 19.1 Å². The molecular formula is C17H28N2. The van der Waals surface area contributed by atoms with Crippen LogP contribution < -0.4 is 11.1 Å². The first-order valence-electron chi connectivity index (χ1n) is 7.82. The van der Waals surface area contributed by atoms with Gasteiger partial charge in [0.05, 0.1) is 0 Å². The summed E-state index contributed by atoms with van der Waals surface area (Å²) in [5.41, 5.74) is 8.80. The highest BCUT2D eigenvalue weighted by atomic mass is 14.9. The maximum Gasteiger partial charge on any atom is 0.00390 e. The Morgan fingerprint density at radius 3 is 2.32 bits per heavy atom. The Morgan fingerprint density at radius 1 is 1.05 bits per heavy atom. The van der Waals surface area contributed by atoms with Crippen LogP contribution in [0.4, 0.5) is 0 Å². The molecule has 2 nitrogen and oxygen atoms in total. The summed E-state index contributed by atoms with van der Waals surface area (Å²) >= 11 is 0. The highest BCUT2D eigenvalue weighted by Gasteiger charge is 2.17. The average Bonchev–Trinajstić information content (AvgIpc) is 2.46. The van der Waals surface area contributed by atoms with Gasteiger partial charge in [-0.25, -0.2) is 0 Å². The molecule has 1 aromatic rings. The third-order valence-electron chi connectivity index (χ3n) is 4.35. The Labute approximate surface area is 117 Å². The van der Waals surface area contributed by atoms with Crippen molar-refractivity contribution in [1.82, 2.24) is 5.32 Å². The summed E-state index contributed by atoms with van der Waals surface area (Å²) < 4.78 is 0. The van der Waals surface area contributed by atoms with Crippen LogP contribution in [0.3, 0.4) is 0 Å². The van der Waals surface area contributed by atoms with E-state index < -0.39 is 0 Å². The fourth-order valence-corrected chi connectivity index (χ4v) is 2.87. The number of hydrogen-bond acceptors (Lipinski definition) is 2. The monoisotopic (exact) mass is 260 g/mol. The maximum atomic E-state index is 5.93. The molecule has 2 rings (SSSR count). The highest BCUT2D eigenvalue weighted by molar-refractivity contribution is 5.22. The number of hydrogen-bond donors (Lipinski definition) is 2. The van der Waals surface area contributed by atoms with Crippen LogP contribution in [0.1, 0.15) is 43.7 Å². The minimum absolute atomic E-state index is 0.466. The van der Waals surface area contributed by atoms with Gasteiger partial charge < -0.3 is 11.1 Å². The number of nitrogens with one attached hydrogen (secondary N) is 1. The largest absolute Gasteiger partial charge is 0.328 e. The van der Waals surface area contributed by atoms with Crippen molar-refractivity contribution >= 4 is 0 Å². The number of nitrogens with two attached hydrogens (primary N) is 1. The lowest BCUT2D eigenvalue weighted by Gasteiger charge is -2.26.